The van der Waals surface area contributed by atoms with Crippen molar-refractivity contribution in [2.75, 3.05) is 27.2 Å². The Balaban J connectivity index is 0.00000228. The van der Waals surface area contributed by atoms with Crippen LogP contribution in [0.4, 0.5) is 11.4 Å². The zero-order chi connectivity index (χ0) is 22.0. The van der Waals surface area contributed by atoms with E-state index in [0.29, 0.717) is 44.1 Å². The van der Waals surface area contributed by atoms with Crippen molar-refractivity contribution in [3.63, 3.8) is 0 Å². The van der Waals surface area contributed by atoms with Crippen LogP contribution in [0.2, 0.25) is 0 Å². The number of halogens is 1. The number of likely N-dealkylation sites (tertiary alicyclic amines) is 2. The van der Waals surface area contributed by atoms with Crippen molar-refractivity contribution in [2.24, 2.45) is 9.98 Å². The predicted octanol–water partition coefficient (Wildman–Crippen LogP) is 4.42. The summed E-state index contributed by atoms with van der Waals surface area (Å²) in [6.07, 6.45) is 3.84. The molecule has 2 aliphatic rings. The third-order valence-corrected chi connectivity index (χ3v) is 6.45. The van der Waals surface area contributed by atoms with E-state index in [4.69, 9.17) is 18.8 Å². The number of hydrogen-bond donors (Lipinski definition) is 0. The fraction of sp³-hybridized carbons (Fsp3) is 0.333. The van der Waals surface area contributed by atoms with E-state index in [2.05, 4.69) is 9.80 Å². The van der Waals surface area contributed by atoms with Gasteiger partial charge in [0, 0.05) is 62.9 Å². The number of benzene rings is 2. The van der Waals surface area contributed by atoms with Gasteiger partial charge in [0.05, 0.1) is 22.1 Å². The van der Waals surface area contributed by atoms with E-state index in [1.54, 1.807) is 24.3 Å². The van der Waals surface area contributed by atoms with E-state index >= 15 is 0 Å². The number of rotatable bonds is 2. The highest BCUT2D eigenvalue weighted by atomic mass is 35.5. The van der Waals surface area contributed by atoms with Crippen LogP contribution in [0.1, 0.15) is 25.7 Å². The van der Waals surface area contributed by atoms with Crippen molar-refractivity contribution in [2.45, 2.75) is 25.7 Å². The average molecular weight is 467 g/mol. The van der Waals surface area contributed by atoms with Crippen molar-refractivity contribution in [1.29, 1.82) is 0 Å². The predicted molar refractivity (Wildman–Crippen MR) is 132 cm³/mol. The maximum atomic E-state index is 12.9. The minimum atomic E-state index is -0.484. The lowest BCUT2D eigenvalue weighted by Gasteiger charge is -2.13. The maximum Gasteiger partial charge on any atom is 0.344 e. The van der Waals surface area contributed by atoms with Crippen LogP contribution in [-0.2, 0) is 0 Å². The second-order valence-corrected chi connectivity index (χ2v) is 8.62. The lowest BCUT2D eigenvalue weighted by Crippen LogP contribution is -2.18. The van der Waals surface area contributed by atoms with Crippen LogP contribution in [-0.4, -0.2) is 48.7 Å². The van der Waals surface area contributed by atoms with Crippen LogP contribution in [0, 0.1) is 0 Å². The van der Waals surface area contributed by atoms with E-state index in [9.17, 15) is 9.59 Å². The van der Waals surface area contributed by atoms with Gasteiger partial charge in [0.2, 0.25) is 0 Å². The third-order valence-electron chi connectivity index (χ3n) is 6.45. The van der Waals surface area contributed by atoms with Gasteiger partial charge in [0.25, 0.3) is 0 Å². The van der Waals surface area contributed by atoms with Gasteiger partial charge in [0.15, 0.2) is 0 Å². The molecule has 9 heteroatoms. The van der Waals surface area contributed by atoms with Crippen LogP contribution < -0.4 is 11.3 Å². The van der Waals surface area contributed by atoms with Gasteiger partial charge in [-0.25, -0.2) is 19.6 Å². The quantitative estimate of drug-likeness (QED) is 0.320. The fourth-order valence-corrected chi connectivity index (χ4v) is 4.81. The highest BCUT2D eigenvalue weighted by molar-refractivity contribution is 6.20. The van der Waals surface area contributed by atoms with Crippen molar-refractivity contribution in [3.8, 4) is 0 Å². The molecule has 2 aromatic carbocycles. The van der Waals surface area contributed by atoms with Crippen LogP contribution in [0.5, 0.6) is 0 Å². The minimum absolute atomic E-state index is 0. The summed E-state index contributed by atoms with van der Waals surface area (Å²) in [5.74, 6) is 1.90. The lowest BCUT2D eigenvalue weighted by atomic mass is 10.0. The van der Waals surface area contributed by atoms with Crippen molar-refractivity contribution < 1.29 is 8.83 Å². The summed E-state index contributed by atoms with van der Waals surface area (Å²) in [5.41, 5.74) is 0.863. The molecule has 0 unspecified atom stereocenters. The molecule has 4 aromatic rings. The Labute approximate surface area is 194 Å². The van der Waals surface area contributed by atoms with E-state index in [1.807, 2.05) is 14.1 Å². The van der Waals surface area contributed by atoms with Crippen LogP contribution in [0.25, 0.3) is 32.7 Å². The monoisotopic (exact) mass is 466 g/mol. The highest BCUT2D eigenvalue weighted by Gasteiger charge is 2.21. The number of aliphatic imine (C=N–C) groups is 2. The van der Waals surface area contributed by atoms with E-state index in [1.165, 1.54) is 0 Å². The molecule has 0 radical (unpaired) electrons. The van der Waals surface area contributed by atoms with Gasteiger partial charge in [-0.15, -0.1) is 12.4 Å². The molecule has 6 rings (SSSR count). The SMILES string of the molecule is CN1CCC/C1=N\c1cc2oc(=O)c3cc(/N=C4\CCCN4C)cc4oc(=O)c(c1)c2c43.Cl. The molecular formula is C24H23ClN4O4. The van der Waals surface area contributed by atoms with E-state index in [-0.39, 0.29) is 12.4 Å². The first-order valence-corrected chi connectivity index (χ1v) is 10.9. The van der Waals surface area contributed by atoms with Gasteiger partial charge in [0.1, 0.15) is 22.8 Å². The first kappa shape index (κ1) is 21.5. The molecule has 0 spiro atoms. The van der Waals surface area contributed by atoms with Gasteiger partial charge in [-0.3, -0.25) is 0 Å². The minimum Gasteiger partial charge on any atom is -0.422 e. The topological polar surface area (TPSA) is 91.6 Å². The lowest BCUT2D eigenvalue weighted by molar-refractivity contribution is 0.549. The molecule has 2 aromatic heterocycles. The summed E-state index contributed by atoms with van der Waals surface area (Å²) in [7, 11) is 3.99. The second-order valence-electron chi connectivity index (χ2n) is 8.62. The Hall–Kier alpha value is -3.39. The summed E-state index contributed by atoms with van der Waals surface area (Å²) in [6, 6.07) is 6.88. The van der Waals surface area contributed by atoms with Gasteiger partial charge in [-0.1, -0.05) is 0 Å². The Kier molecular flexibility index (Phi) is 5.12. The molecule has 0 atom stereocenters. The molecule has 2 aliphatic heterocycles. The summed E-state index contributed by atoms with van der Waals surface area (Å²) in [6.45, 7) is 1.90. The molecule has 170 valence electrons. The molecule has 4 heterocycles. The summed E-state index contributed by atoms with van der Waals surface area (Å²) in [4.78, 5) is 39.4. The van der Waals surface area contributed by atoms with Crippen molar-refractivity contribution in [1.82, 2.24) is 9.80 Å². The van der Waals surface area contributed by atoms with Crippen LogP contribution >= 0.6 is 12.4 Å². The molecule has 8 nitrogen and oxygen atoms in total. The molecule has 33 heavy (non-hydrogen) atoms. The van der Waals surface area contributed by atoms with E-state index in [0.717, 1.165) is 50.4 Å². The zero-order valence-electron chi connectivity index (χ0n) is 18.4. The van der Waals surface area contributed by atoms with Gasteiger partial charge < -0.3 is 18.6 Å². The maximum absolute atomic E-state index is 12.9. The summed E-state index contributed by atoms with van der Waals surface area (Å²) >= 11 is 0. The molecule has 2 saturated heterocycles. The second kappa shape index (κ2) is 7.88. The normalized spacial score (nSPS) is 19.1. The van der Waals surface area contributed by atoms with E-state index < -0.39 is 11.3 Å². The summed E-state index contributed by atoms with van der Waals surface area (Å²) in [5, 5.41) is 1.90. The number of amidine groups is 2. The Bertz CT molecular complexity index is 1450. The molecule has 0 bridgehead atoms. The third kappa shape index (κ3) is 3.45. The number of hydrogen-bond acceptors (Lipinski definition) is 6. The Morgan fingerprint density at radius 3 is 1.52 bits per heavy atom. The number of nitrogens with zero attached hydrogens (tertiary/aromatic N) is 4. The van der Waals surface area contributed by atoms with Gasteiger partial charge >= 0.3 is 11.3 Å². The largest absolute Gasteiger partial charge is 0.422 e. The average Bonchev–Trinajstić information content (AvgIpc) is 3.35. The first-order valence-electron chi connectivity index (χ1n) is 10.9. The van der Waals surface area contributed by atoms with Crippen molar-refractivity contribution in [3.05, 3.63) is 45.1 Å². The molecule has 0 aliphatic carbocycles. The van der Waals surface area contributed by atoms with Crippen molar-refractivity contribution >= 4 is 68.2 Å². The highest BCUT2D eigenvalue weighted by Crippen LogP contribution is 2.36. The van der Waals surface area contributed by atoms with Gasteiger partial charge in [-0.2, -0.15) is 0 Å². The van der Waals surface area contributed by atoms with Crippen LogP contribution in [0.3, 0.4) is 0 Å². The molecule has 2 fully saturated rings. The molecule has 0 saturated carbocycles. The first-order chi connectivity index (χ1) is 15.5. The molecule has 0 N–H and O–H groups in total. The zero-order valence-corrected chi connectivity index (χ0v) is 19.2. The van der Waals surface area contributed by atoms with Crippen LogP contribution in [0.15, 0.2) is 52.7 Å². The Morgan fingerprint density at radius 1 is 0.727 bits per heavy atom. The molecule has 0 amide bonds. The molecular weight excluding hydrogens is 444 g/mol. The standard InChI is InChI=1S/C24H22N4O4.ClH/c1-27-7-3-5-19(27)25-13-9-15-21-17(11-13)31-24(30)16-10-14(26-20-6-4-8-28(20)2)12-18(22(16)21)32-23(15)29;/h9-12H,3-8H2,1-2H3;1H/b25-19+,26-20+;. The Morgan fingerprint density at radius 2 is 1.15 bits per heavy atom. The fourth-order valence-electron chi connectivity index (χ4n) is 4.81. The summed E-state index contributed by atoms with van der Waals surface area (Å²) < 4.78 is 11.3. The van der Waals surface area contributed by atoms with Gasteiger partial charge in [-0.05, 0) is 25.0 Å². The smallest absolute Gasteiger partial charge is 0.344 e.